The molecule has 2 nitrogen and oxygen atoms in total. The predicted molar refractivity (Wildman–Crippen MR) is 29.9 cm³/mol. The molecule has 0 aromatic heterocycles. The van der Waals surface area contributed by atoms with Crippen LogP contribution < -0.4 is 0 Å². The molecule has 0 aromatic carbocycles. The molecule has 0 spiro atoms. The summed E-state index contributed by atoms with van der Waals surface area (Å²) >= 11 is 0. The first-order chi connectivity index (χ1) is 4.00. The molecule has 0 amide bonds. The lowest BCUT2D eigenvalue weighted by Gasteiger charge is -1.98. The van der Waals surface area contributed by atoms with Crippen LogP contribution in [0.1, 0.15) is 6.42 Å². The first-order valence-electron chi connectivity index (χ1n) is 2.60. The van der Waals surface area contributed by atoms with E-state index >= 15 is 0 Å². The van der Waals surface area contributed by atoms with Crippen LogP contribution in [0.25, 0.3) is 0 Å². The van der Waals surface area contributed by atoms with Crippen molar-refractivity contribution in [1.29, 1.82) is 0 Å². The van der Waals surface area contributed by atoms with E-state index in [1.807, 2.05) is 12.2 Å². The molecule has 44 valence electrons. The van der Waals surface area contributed by atoms with Crippen LogP contribution in [0.4, 0.5) is 0 Å². The van der Waals surface area contributed by atoms with Crippen molar-refractivity contribution >= 4 is 0 Å². The molecule has 8 heavy (non-hydrogen) atoms. The molecule has 0 saturated carbocycles. The number of hydrogen-bond donors (Lipinski definition) is 0. The van der Waals surface area contributed by atoms with Gasteiger partial charge in [-0.05, 0) is 12.5 Å². The van der Waals surface area contributed by atoms with Gasteiger partial charge in [0.25, 0.3) is 0 Å². The van der Waals surface area contributed by atoms with Crippen molar-refractivity contribution in [2.24, 2.45) is 0 Å². The average molecular weight is 112 g/mol. The van der Waals surface area contributed by atoms with E-state index in [0.717, 1.165) is 6.42 Å². The Labute approximate surface area is 48.3 Å². The van der Waals surface area contributed by atoms with E-state index in [1.54, 1.807) is 6.08 Å². The van der Waals surface area contributed by atoms with Gasteiger partial charge in [0.05, 0.1) is 6.61 Å². The summed E-state index contributed by atoms with van der Waals surface area (Å²) in [5.74, 6) is 0. The number of hydrogen-bond acceptors (Lipinski definition) is 2. The highest BCUT2D eigenvalue weighted by atomic mass is 17.2. The van der Waals surface area contributed by atoms with Crippen LogP contribution in [0.15, 0.2) is 24.5 Å². The molecule has 0 unspecified atom stereocenters. The van der Waals surface area contributed by atoms with E-state index in [0.29, 0.717) is 6.61 Å². The summed E-state index contributed by atoms with van der Waals surface area (Å²) in [6.07, 6.45) is 8.18. The molecular weight excluding hydrogens is 104 g/mol. The monoisotopic (exact) mass is 112 g/mol. The van der Waals surface area contributed by atoms with Crippen molar-refractivity contribution in [3.63, 3.8) is 0 Å². The van der Waals surface area contributed by atoms with E-state index in [4.69, 9.17) is 0 Å². The average Bonchev–Trinajstić information content (AvgIpc) is 1.62. The topological polar surface area (TPSA) is 18.5 Å². The first kappa shape index (κ1) is 5.38. The van der Waals surface area contributed by atoms with Gasteiger partial charge in [-0.1, -0.05) is 12.2 Å². The van der Waals surface area contributed by atoms with Gasteiger partial charge in [-0.25, -0.2) is 0 Å². The second kappa shape index (κ2) is 3.27. The minimum Gasteiger partial charge on any atom is -0.345 e. The zero-order valence-corrected chi connectivity index (χ0v) is 4.54. The Morgan fingerprint density at radius 3 is 3.25 bits per heavy atom. The Kier molecular flexibility index (Phi) is 2.20. The SMILES string of the molecule is C1=C\CCOO\C=C/1. The maximum Gasteiger partial charge on any atom is 0.129 e. The van der Waals surface area contributed by atoms with E-state index in [2.05, 4.69) is 9.78 Å². The summed E-state index contributed by atoms with van der Waals surface area (Å²) in [6.45, 7) is 0.640. The minimum atomic E-state index is 0.640. The summed E-state index contributed by atoms with van der Waals surface area (Å²) < 4.78 is 0. The Bertz CT molecular complexity index is 91.1. The molecular formula is C6H8O2. The Hall–Kier alpha value is -0.760. The summed E-state index contributed by atoms with van der Waals surface area (Å²) in [6, 6.07) is 0. The van der Waals surface area contributed by atoms with Crippen molar-refractivity contribution in [1.82, 2.24) is 0 Å². The van der Waals surface area contributed by atoms with Crippen molar-refractivity contribution in [2.75, 3.05) is 6.61 Å². The quantitative estimate of drug-likeness (QED) is 0.441. The van der Waals surface area contributed by atoms with Crippen LogP contribution in [0.2, 0.25) is 0 Å². The van der Waals surface area contributed by atoms with Crippen molar-refractivity contribution in [3.8, 4) is 0 Å². The van der Waals surface area contributed by atoms with Gasteiger partial charge in [-0.15, -0.1) is 0 Å². The molecule has 0 aromatic rings. The second-order valence-electron chi connectivity index (χ2n) is 1.46. The third kappa shape index (κ3) is 1.80. The molecule has 0 bridgehead atoms. The highest BCUT2D eigenvalue weighted by molar-refractivity contribution is 4.99. The molecule has 0 N–H and O–H groups in total. The van der Waals surface area contributed by atoms with Gasteiger partial charge < -0.3 is 4.89 Å². The molecule has 0 aliphatic carbocycles. The van der Waals surface area contributed by atoms with E-state index in [-0.39, 0.29) is 0 Å². The highest BCUT2D eigenvalue weighted by Gasteiger charge is 1.83. The summed E-state index contributed by atoms with van der Waals surface area (Å²) in [4.78, 5) is 9.18. The van der Waals surface area contributed by atoms with Gasteiger partial charge >= 0.3 is 0 Å². The molecule has 2 heteroatoms. The Morgan fingerprint density at radius 2 is 2.25 bits per heavy atom. The van der Waals surface area contributed by atoms with Crippen LogP contribution in [-0.4, -0.2) is 6.61 Å². The molecule has 0 saturated heterocycles. The lowest BCUT2D eigenvalue weighted by molar-refractivity contribution is -0.247. The van der Waals surface area contributed by atoms with Crippen LogP contribution in [0.5, 0.6) is 0 Å². The third-order valence-corrected chi connectivity index (χ3v) is 0.817. The van der Waals surface area contributed by atoms with Crippen LogP contribution >= 0.6 is 0 Å². The first-order valence-corrected chi connectivity index (χ1v) is 2.60. The third-order valence-electron chi connectivity index (χ3n) is 0.817. The number of allylic oxidation sites excluding steroid dienone is 2. The molecule has 1 aliphatic rings. The molecule has 0 fully saturated rings. The summed E-state index contributed by atoms with van der Waals surface area (Å²) in [5, 5.41) is 0. The van der Waals surface area contributed by atoms with Gasteiger partial charge in [0.15, 0.2) is 0 Å². The van der Waals surface area contributed by atoms with Gasteiger partial charge in [-0.3, -0.25) is 0 Å². The summed E-state index contributed by atoms with van der Waals surface area (Å²) in [7, 11) is 0. The second-order valence-corrected chi connectivity index (χ2v) is 1.46. The molecule has 1 rings (SSSR count). The highest BCUT2D eigenvalue weighted by Crippen LogP contribution is 1.92. The van der Waals surface area contributed by atoms with Gasteiger partial charge in [-0.2, -0.15) is 4.89 Å². The minimum absolute atomic E-state index is 0.640. The lowest BCUT2D eigenvalue weighted by Crippen LogP contribution is -1.90. The zero-order valence-electron chi connectivity index (χ0n) is 4.54. The predicted octanol–water partition coefficient (Wildman–Crippen LogP) is 1.41. The van der Waals surface area contributed by atoms with Crippen molar-refractivity contribution < 1.29 is 9.78 Å². The smallest absolute Gasteiger partial charge is 0.129 e. The fourth-order valence-electron chi connectivity index (χ4n) is 0.456. The largest absolute Gasteiger partial charge is 0.345 e. The molecule has 0 radical (unpaired) electrons. The fourth-order valence-corrected chi connectivity index (χ4v) is 0.456. The fraction of sp³-hybridized carbons (Fsp3) is 0.333. The Morgan fingerprint density at radius 1 is 1.25 bits per heavy atom. The Balaban J connectivity index is 2.33. The maximum atomic E-state index is 4.64. The van der Waals surface area contributed by atoms with Gasteiger partial charge in [0.1, 0.15) is 6.26 Å². The van der Waals surface area contributed by atoms with Crippen LogP contribution in [-0.2, 0) is 9.78 Å². The zero-order chi connectivity index (χ0) is 5.66. The molecule has 1 heterocycles. The van der Waals surface area contributed by atoms with Gasteiger partial charge in [0.2, 0.25) is 0 Å². The normalized spacial score (nSPS) is 27.0. The van der Waals surface area contributed by atoms with Crippen LogP contribution in [0, 0.1) is 0 Å². The maximum absolute atomic E-state index is 4.64. The van der Waals surface area contributed by atoms with E-state index < -0.39 is 0 Å². The molecule has 0 atom stereocenters. The summed E-state index contributed by atoms with van der Waals surface area (Å²) in [5.41, 5.74) is 0. The molecule has 1 aliphatic heterocycles. The van der Waals surface area contributed by atoms with E-state index in [1.165, 1.54) is 6.26 Å². The van der Waals surface area contributed by atoms with Crippen LogP contribution in [0.3, 0.4) is 0 Å². The van der Waals surface area contributed by atoms with Crippen molar-refractivity contribution in [3.05, 3.63) is 24.5 Å². The van der Waals surface area contributed by atoms with Crippen molar-refractivity contribution in [2.45, 2.75) is 6.42 Å². The lowest BCUT2D eigenvalue weighted by atomic mass is 10.4. The van der Waals surface area contributed by atoms with E-state index in [9.17, 15) is 0 Å². The van der Waals surface area contributed by atoms with Gasteiger partial charge in [0, 0.05) is 0 Å². The number of rotatable bonds is 0. The standard InChI is InChI=1S/C6H8O2/c1-2-4-6-8-7-5-3-1/h1-3,5H,4,6H2/b2-1-,5-3-.